The van der Waals surface area contributed by atoms with Gasteiger partial charge in [0.1, 0.15) is 11.4 Å². The highest BCUT2D eigenvalue weighted by molar-refractivity contribution is 5.98. The lowest BCUT2D eigenvalue weighted by atomic mass is 10.1. The fraction of sp³-hybridized carbons (Fsp3) is 0.591. The summed E-state index contributed by atoms with van der Waals surface area (Å²) in [6.07, 6.45) is 4.61. The number of piperidine rings is 1. The van der Waals surface area contributed by atoms with E-state index in [-0.39, 0.29) is 12.1 Å². The van der Waals surface area contributed by atoms with Crippen molar-refractivity contribution in [2.24, 2.45) is 0 Å². The molecule has 2 heterocycles. The summed E-state index contributed by atoms with van der Waals surface area (Å²) >= 11 is 0. The highest BCUT2D eigenvalue weighted by Crippen LogP contribution is 2.34. The molecule has 1 saturated heterocycles. The predicted octanol–water partition coefficient (Wildman–Crippen LogP) is 4.05. The van der Waals surface area contributed by atoms with Gasteiger partial charge in [-0.1, -0.05) is 0 Å². The van der Waals surface area contributed by atoms with Crippen LogP contribution in [0.3, 0.4) is 0 Å². The maximum atomic E-state index is 12.5. The van der Waals surface area contributed by atoms with Crippen molar-refractivity contribution < 1.29 is 14.3 Å². The molecule has 3 rings (SSSR count). The number of nitrogens with zero attached hydrogens (tertiary/aromatic N) is 2. The molecule has 1 aliphatic heterocycles. The number of aromatic amines is 1. The Morgan fingerprint density at radius 2 is 1.93 bits per heavy atom. The van der Waals surface area contributed by atoms with Gasteiger partial charge in [0, 0.05) is 36.8 Å². The maximum Gasteiger partial charge on any atom is 0.354 e. The molecule has 0 amide bonds. The van der Waals surface area contributed by atoms with Gasteiger partial charge in [0.25, 0.3) is 0 Å². The Morgan fingerprint density at radius 3 is 2.61 bits per heavy atom. The van der Waals surface area contributed by atoms with Crippen molar-refractivity contribution in [1.29, 1.82) is 0 Å². The summed E-state index contributed by atoms with van der Waals surface area (Å²) in [5.41, 5.74) is 2.54. The number of carbonyl (C=O) groups is 1. The summed E-state index contributed by atoms with van der Waals surface area (Å²) < 4.78 is 11.5. The quantitative estimate of drug-likeness (QED) is 0.547. The zero-order chi connectivity index (χ0) is 20.1. The molecular weight excluding hydrogens is 354 g/mol. The van der Waals surface area contributed by atoms with E-state index >= 15 is 0 Å². The molecule has 1 aliphatic rings. The third kappa shape index (κ3) is 5.19. The van der Waals surface area contributed by atoms with Crippen LogP contribution < -0.4 is 9.64 Å². The first-order valence-corrected chi connectivity index (χ1v) is 10.3. The van der Waals surface area contributed by atoms with Crippen LogP contribution in [0, 0.1) is 0 Å². The molecule has 6 heteroatoms. The molecule has 0 saturated carbocycles. The molecule has 0 radical (unpaired) electrons. The van der Waals surface area contributed by atoms with Crippen molar-refractivity contribution in [3.05, 3.63) is 23.9 Å². The zero-order valence-corrected chi connectivity index (χ0v) is 17.6. The van der Waals surface area contributed by atoms with E-state index < -0.39 is 0 Å². The van der Waals surface area contributed by atoms with Crippen molar-refractivity contribution >= 4 is 22.6 Å². The van der Waals surface area contributed by atoms with Crippen LogP contribution in [0.5, 0.6) is 5.75 Å². The molecule has 0 bridgehead atoms. The van der Waals surface area contributed by atoms with Crippen molar-refractivity contribution in [2.45, 2.75) is 45.6 Å². The molecule has 6 nitrogen and oxygen atoms in total. The van der Waals surface area contributed by atoms with Crippen LogP contribution >= 0.6 is 0 Å². The minimum Gasteiger partial charge on any atom is -0.490 e. The minimum atomic E-state index is -0.315. The number of esters is 1. The van der Waals surface area contributed by atoms with Crippen molar-refractivity contribution in [1.82, 2.24) is 9.88 Å². The Balaban J connectivity index is 1.82. The average molecular weight is 388 g/mol. The van der Waals surface area contributed by atoms with E-state index in [1.54, 1.807) is 0 Å². The summed E-state index contributed by atoms with van der Waals surface area (Å²) in [6.45, 7) is 7.48. The summed E-state index contributed by atoms with van der Waals surface area (Å²) in [4.78, 5) is 20.2. The smallest absolute Gasteiger partial charge is 0.354 e. The normalized spacial score (nSPS) is 14.9. The van der Waals surface area contributed by atoms with Crippen LogP contribution in [0.4, 0.5) is 5.69 Å². The number of nitrogens with one attached hydrogen (secondary N) is 1. The summed E-state index contributed by atoms with van der Waals surface area (Å²) in [5, 5.41) is 0.926. The lowest BCUT2D eigenvalue weighted by Gasteiger charge is -2.29. The van der Waals surface area contributed by atoms with Gasteiger partial charge in [-0.25, -0.2) is 4.79 Å². The molecule has 1 aromatic heterocycles. The monoisotopic (exact) mass is 387 g/mol. The van der Waals surface area contributed by atoms with Crippen LogP contribution in [0.15, 0.2) is 18.2 Å². The van der Waals surface area contributed by atoms with Gasteiger partial charge in [-0.2, -0.15) is 0 Å². The summed E-state index contributed by atoms with van der Waals surface area (Å²) in [5.74, 6) is 0.501. The largest absolute Gasteiger partial charge is 0.490 e. The van der Waals surface area contributed by atoms with Crippen LogP contribution in [-0.4, -0.2) is 62.3 Å². The van der Waals surface area contributed by atoms with Crippen molar-refractivity contribution in [3.8, 4) is 5.75 Å². The molecule has 2 aromatic rings. The maximum absolute atomic E-state index is 12.5. The number of carbonyl (C=O) groups excluding carboxylic acids is 1. The zero-order valence-electron chi connectivity index (χ0n) is 17.6. The Hall–Kier alpha value is -2.21. The second-order valence-corrected chi connectivity index (χ2v) is 8.10. The van der Waals surface area contributed by atoms with Gasteiger partial charge in [0.15, 0.2) is 0 Å². The molecule has 0 unspecified atom stereocenters. The van der Waals surface area contributed by atoms with Gasteiger partial charge in [-0.05, 0) is 65.8 Å². The topological polar surface area (TPSA) is 57.8 Å². The first-order valence-electron chi connectivity index (χ1n) is 10.3. The number of H-pyrrole nitrogens is 1. The number of anilines is 1. The highest BCUT2D eigenvalue weighted by atomic mass is 16.5. The second kappa shape index (κ2) is 9.32. The molecule has 1 N–H and O–H groups in total. The van der Waals surface area contributed by atoms with Gasteiger partial charge in [-0.3, -0.25) is 0 Å². The number of fused-ring (bicyclic) bond motifs is 1. The lowest BCUT2D eigenvalue weighted by Crippen LogP contribution is -2.29. The average Bonchev–Trinajstić information content (AvgIpc) is 3.10. The Morgan fingerprint density at radius 1 is 1.18 bits per heavy atom. The van der Waals surface area contributed by atoms with Gasteiger partial charge in [0.2, 0.25) is 0 Å². The molecular formula is C22H33N3O3. The van der Waals surface area contributed by atoms with E-state index in [0.717, 1.165) is 48.4 Å². The van der Waals surface area contributed by atoms with E-state index in [1.165, 1.54) is 19.3 Å². The summed E-state index contributed by atoms with van der Waals surface area (Å²) in [7, 11) is 4.02. The van der Waals surface area contributed by atoms with Gasteiger partial charge < -0.3 is 24.3 Å². The highest BCUT2D eigenvalue weighted by Gasteiger charge is 2.18. The van der Waals surface area contributed by atoms with Crippen LogP contribution in [0.2, 0.25) is 0 Å². The van der Waals surface area contributed by atoms with Crippen molar-refractivity contribution in [2.75, 3.05) is 45.2 Å². The predicted molar refractivity (Wildman–Crippen MR) is 114 cm³/mol. The molecule has 0 spiro atoms. The van der Waals surface area contributed by atoms with E-state index in [9.17, 15) is 4.79 Å². The number of rotatable bonds is 8. The van der Waals surface area contributed by atoms with Gasteiger partial charge in [-0.15, -0.1) is 0 Å². The van der Waals surface area contributed by atoms with Crippen LogP contribution in [0.25, 0.3) is 10.9 Å². The van der Waals surface area contributed by atoms with Crippen molar-refractivity contribution in [3.63, 3.8) is 0 Å². The molecule has 154 valence electrons. The van der Waals surface area contributed by atoms with E-state index in [2.05, 4.69) is 26.9 Å². The fourth-order valence-corrected chi connectivity index (χ4v) is 3.61. The van der Waals surface area contributed by atoms with E-state index in [4.69, 9.17) is 9.47 Å². The van der Waals surface area contributed by atoms with Gasteiger partial charge in [0.05, 0.1) is 18.2 Å². The third-order valence-corrected chi connectivity index (χ3v) is 4.97. The Labute approximate surface area is 167 Å². The van der Waals surface area contributed by atoms with Gasteiger partial charge >= 0.3 is 5.97 Å². The molecule has 1 fully saturated rings. The first-order chi connectivity index (χ1) is 13.4. The standard InChI is InChI=1S/C22H33N3O3/c1-16(2)28-21-14-17(25-10-6-5-7-11-25)13-19-18(21)15-20(23-19)22(26)27-12-8-9-24(3)4/h13-16,23H,5-12H2,1-4H3. The number of aromatic nitrogens is 1. The fourth-order valence-electron chi connectivity index (χ4n) is 3.61. The Kier molecular flexibility index (Phi) is 6.83. The molecule has 1 aromatic carbocycles. The molecule has 0 aliphatic carbocycles. The molecule has 0 atom stereocenters. The lowest BCUT2D eigenvalue weighted by molar-refractivity contribution is 0.0487. The van der Waals surface area contributed by atoms with E-state index in [1.807, 2.05) is 34.0 Å². The summed E-state index contributed by atoms with van der Waals surface area (Å²) in [6, 6.07) is 6.08. The SMILES string of the molecule is CC(C)Oc1cc(N2CCCCC2)cc2[nH]c(C(=O)OCCCN(C)C)cc12. The Bertz CT molecular complexity index is 792. The first kappa shape index (κ1) is 20.5. The second-order valence-electron chi connectivity index (χ2n) is 8.10. The number of ether oxygens (including phenoxy) is 2. The third-order valence-electron chi connectivity index (χ3n) is 4.97. The number of hydrogen-bond acceptors (Lipinski definition) is 5. The number of hydrogen-bond donors (Lipinski definition) is 1. The van der Waals surface area contributed by atoms with Crippen LogP contribution in [0.1, 0.15) is 50.0 Å². The molecule has 28 heavy (non-hydrogen) atoms. The van der Waals surface area contributed by atoms with E-state index in [0.29, 0.717) is 12.3 Å². The van der Waals surface area contributed by atoms with Crippen LogP contribution in [-0.2, 0) is 4.74 Å². The number of benzene rings is 1. The minimum absolute atomic E-state index is 0.0659.